The number of aliphatic hydroxyl groups excluding tert-OH is 1. The van der Waals surface area contributed by atoms with Gasteiger partial charge in [0.15, 0.2) is 30.7 Å². The first-order chi connectivity index (χ1) is 10.7. The quantitative estimate of drug-likeness (QED) is 0.486. The number of rotatable bonds is 4. The zero-order valence-corrected chi connectivity index (χ0v) is 13.0. The highest BCUT2D eigenvalue weighted by molar-refractivity contribution is 5.77. The number of aliphatic hydroxyl groups is 1. The van der Waals surface area contributed by atoms with Crippen LogP contribution in [0.5, 0.6) is 0 Å². The van der Waals surface area contributed by atoms with Gasteiger partial charge >= 0.3 is 23.9 Å². The number of hydrogen-bond acceptors (Lipinski definition) is 10. The molecule has 0 radical (unpaired) electrons. The molecule has 1 fully saturated rings. The first-order valence-electron chi connectivity index (χ1n) is 6.60. The van der Waals surface area contributed by atoms with Crippen molar-refractivity contribution in [1.82, 2.24) is 0 Å². The minimum absolute atomic E-state index is 0.798. The van der Waals surface area contributed by atoms with E-state index >= 15 is 0 Å². The second-order valence-electron chi connectivity index (χ2n) is 4.69. The zero-order chi connectivity index (χ0) is 17.7. The van der Waals surface area contributed by atoms with Crippen molar-refractivity contribution in [2.45, 2.75) is 51.5 Å². The summed E-state index contributed by atoms with van der Waals surface area (Å²) in [5.41, 5.74) is 0. The highest BCUT2D eigenvalue weighted by Gasteiger charge is 2.54. The first kappa shape index (κ1) is 18.8. The molecule has 23 heavy (non-hydrogen) atoms. The van der Waals surface area contributed by atoms with Gasteiger partial charge in [0.05, 0.1) is 7.11 Å². The van der Waals surface area contributed by atoms with E-state index in [9.17, 15) is 24.3 Å². The van der Waals surface area contributed by atoms with Crippen molar-refractivity contribution in [2.24, 2.45) is 0 Å². The van der Waals surface area contributed by atoms with E-state index < -0.39 is 54.6 Å². The summed E-state index contributed by atoms with van der Waals surface area (Å²) in [4.78, 5) is 45.5. The van der Waals surface area contributed by atoms with E-state index in [1.807, 2.05) is 0 Å². The van der Waals surface area contributed by atoms with Crippen molar-refractivity contribution < 1.29 is 48.0 Å². The predicted molar refractivity (Wildman–Crippen MR) is 69.6 cm³/mol. The van der Waals surface area contributed by atoms with Gasteiger partial charge in [0.25, 0.3) is 0 Å². The first-order valence-corrected chi connectivity index (χ1v) is 6.60. The third-order valence-electron chi connectivity index (χ3n) is 2.85. The maximum atomic E-state index is 11.8. The largest absolute Gasteiger partial charge is 0.467 e. The maximum absolute atomic E-state index is 11.8. The van der Waals surface area contributed by atoms with Crippen molar-refractivity contribution >= 4 is 23.9 Å². The average Bonchev–Trinajstić information content (AvgIpc) is 2.43. The normalized spacial score (nSPS) is 30.0. The molecule has 130 valence electrons. The monoisotopic (exact) mass is 334 g/mol. The number of methoxy groups -OCH3 is 1. The Morgan fingerprint density at radius 3 is 1.70 bits per heavy atom. The van der Waals surface area contributed by atoms with Crippen molar-refractivity contribution in [3.63, 3.8) is 0 Å². The molecule has 0 aliphatic carbocycles. The van der Waals surface area contributed by atoms with Crippen LogP contribution >= 0.6 is 0 Å². The van der Waals surface area contributed by atoms with Gasteiger partial charge in [-0.2, -0.15) is 0 Å². The molecule has 0 unspecified atom stereocenters. The molecule has 1 heterocycles. The van der Waals surface area contributed by atoms with Gasteiger partial charge in [0.1, 0.15) is 0 Å². The van der Waals surface area contributed by atoms with E-state index in [0.717, 1.165) is 27.9 Å². The summed E-state index contributed by atoms with van der Waals surface area (Å²) >= 11 is 0. The van der Waals surface area contributed by atoms with Gasteiger partial charge in [-0.05, 0) is 0 Å². The predicted octanol–water partition coefficient (Wildman–Crippen LogP) is -1.33. The van der Waals surface area contributed by atoms with Gasteiger partial charge in [-0.15, -0.1) is 0 Å². The number of carbonyl (C=O) groups is 4. The van der Waals surface area contributed by atoms with E-state index in [2.05, 4.69) is 4.74 Å². The molecule has 10 heteroatoms. The van der Waals surface area contributed by atoms with Crippen LogP contribution in [0.15, 0.2) is 0 Å². The molecule has 0 aromatic rings. The van der Waals surface area contributed by atoms with Gasteiger partial charge in [0.2, 0.25) is 0 Å². The number of hydrogen-bond donors (Lipinski definition) is 1. The Morgan fingerprint density at radius 2 is 1.26 bits per heavy atom. The van der Waals surface area contributed by atoms with Crippen LogP contribution in [0.3, 0.4) is 0 Å². The summed E-state index contributed by atoms with van der Waals surface area (Å²) in [5, 5.41) is 9.93. The molecule has 0 bridgehead atoms. The third-order valence-corrected chi connectivity index (χ3v) is 2.85. The Labute approximate surface area is 131 Å². The number of carbonyl (C=O) groups excluding carboxylic acids is 4. The fourth-order valence-electron chi connectivity index (χ4n) is 2.10. The molecule has 0 aromatic carbocycles. The molecule has 1 aliphatic heterocycles. The fraction of sp³-hybridized carbons (Fsp3) is 0.692. The topological polar surface area (TPSA) is 135 Å². The summed E-state index contributed by atoms with van der Waals surface area (Å²) in [6.45, 7) is 3.18. The van der Waals surface area contributed by atoms with Crippen LogP contribution in [0, 0.1) is 0 Å². The Kier molecular flexibility index (Phi) is 6.46. The number of ether oxygens (including phenoxy) is 5. The molecule has 10 nitrogen and oxygen atoms in total. The van der Waals surface area contributed by atoms with E-state index in [0.29, 0.717) is 0 Å². The highest BCUT2D eigenvalue weighted by Crippen LogP contribution is 2.28. The minimum Gasteiger partial charge on any atom is -0.467 e. The maximum Gasteiger partial charge on any atom is 0.339 e. The van der Waals surface area contributed by atoms with E-state index in [4.69, 9.17) is 18.9 Å². The molecule has 1 N–H and O–H groups in total. The van der Waals surface area contributed by atoms with Crippen LogP contribution in [0.2, 0.25) is 0 Å². The summed E-state index contributed by atoms with van der Waals surface area (Å²) in [6, 6.07) is 0. The van der Waals surface area contributed by atoms with Crippen LogP contribution in [0.4, 0.5) is 0 Å². The molecule has 0 amide bonds. The second-order valence-corrected chi connectivity index (χ2v) is 4.69. The summed E-state index contributed by atoms with van der Waals surface area (Å²) in [7, 11) is 1.06. The van der Waals surface area contributed by atoms with Crippen molar-refractivity contribution in [3.05, 3.63) is 0 Å². The highest BCUT2D eigenvalue weighted by atomic mass is 16.7. The Balaban J connectivity index is 3.21. The molecular formula is C13H18O10. The lowest BCUT2D eigenvalue weighted by atomic mass is 9.98. The number of esters is 4. The molecule has 0 aromatic heterocycles. The fourth-order valence-corrected chi connectivity index (χ4v) is 2.10. The standard InChI is InChI=1S/C13H18O10/c1-5(14)20-8-9(21-6(2)15)11(22-7(3)16)13(18)23-10(8)12(17)19-4/h8-11,13,18H,1-4H3/t8-,9-,10-,11+,13-/m0/s1. The van der Waals surface area contributed by atoms with E-state index in [1.165, 1.54) is 0 Å². The van der Waals surface area contributed by atoms with Gasteiger partial charge in [-0.1, -0.05) is 0 Å². The summed E-state index contributed by atoms with van der Waals surface area (Å²) in [6.07, 6.45) is -7.75. The zero-order valence-electron chi connectivity index (χ0n) is 13.0. The van der Waals surface area contributed by atoms with Crippen molar-refractivity contribution in [2.75, 3.05) is 7.11 Å². The van der Waals surface area contributed by atoms with E-state index in [-0.39, 0.29) is 0 Å². The van der Waals surface area contributed by atoms with Crippen LogP contribution in [-0.2, 0) is 42.9 Å². The smallest absolute Gasteiger partial charge is 0.339 e. The van der Waals surface area contributed by atoms with Gasteiger partial charge < -0.3 is 28.8 Å². The molecule has 0 spiro atoms. The van der Waals surface area contributed by atoms with Crippen LogP contribution in [0.25, 0.3) is 0 Å². The Bertz CT molecular complexity index is 487. The molecule has 1 aliphatic rings. The van der Waals surface area contributed by atoms with Crippen molar-refractivity contribution in [1.29, 1.82) is 0 Å². The Morgan fingerprint density at radius 1 is 0.826 bits per heavy atom. The van der Waals surface area contributed by atoms with Gasteiger partial charge in [-0.25, -0.2) is 4.79 Å². The molecule has 5 atom stereocenters. The second kappa shape index (κ2) is 7.88. The lowest BCUT2D eigenvalue weighted by Gasteiger charge is -2.41. The minimum atomic E-state index is -1.79. The van der Waals surface area contributed by atoms with Crippen LogP contribution in [-0.4, -0.2) is 66.8 Å². The molecule has 1 saturated heterocycles. The Hall–Kier alpha value is -2.20. The summed E-state index contributed by atoms with van der Waals surface area (Å²) < 4.78 is 24.3. The lowest BCUT2D eigenvalue weighted by molar-refractivity contribution is -0.289. The van der Waals surface area contributed by atoms with Gasteiger partial charge in [-0.3, -0.25) is 14.4 Å². The third kappa shape index (κ3) is 4.89. The SMILES string of the molecule is COC(=O)[C@H]1O[C@H](O)[C@H](OC(C)=O)[C@@H](OC(C)=O)[C@@H]1OC(C)=O. The van der Waals surface area contributed by atoms with E-state index in [1.54, 1.807) is 0 Å². The molecule has 1 rings (SSSR count). The van der Waals surface area contributed by atoms with Crippen LogP contribution < -0.4 is 0 Å². The summed E-state index contributed by atoms with van der Waals surface area (Å²) in [5.74, 6) is -3.37. The van der Waals surface area contributed by atoms with Gasteiger partial charge in [0, 0.05) is 20.8 Å². The van der Waals surface area contributed by atoms with Crippen LogP contribution in [0.1, 0.15) is 20.8 Å². The lowest BCUT2D eigenvalue weighted by Crippen LogP contribution is -2.63. The molecular weight excluding hydrogens is 316 g/mol. The average molecular weight is 334 g/mol. The van der Waals surface area contributed by atoms with Crippen molar-refractivity contribution in [3.8, 4) is 0 Å². The molecule has 0 saturated carbocycles.